The largest absolute Gasteiger partial charge is 0.328 e. The van der Waals surface area contributed by atoms with Crippen molar-refractivity contribution in [2.75, 3.05) is 0 Å². The van der Waals surface area contributed by atoms with E-state index >= 15 is 0 Å². The molecule has 0 atom stereocenters. The van der Waals surface area contributed by atoms with Gasteiger partial charge in [-0.15, -0.1) is 11.3 Å². The Labute approximate surface area is 108 Å². The second kappa shape index (κ2) is 4.57. The van der Waals surface area contributed by atoms with Crippen molar-refractivity contribution in [3.8, 4) is 0 Å². The van der Waals surface area contributed by atoms with Crippen LogP contribution in [0.4, 0.5) is 0 Å². The maximum absolute atomic E-state index is 11.7. The Morgan fingerprint density at radius 1 is 1.44 bits per heavy atom. The van der Waals surface area contributed by atoms with Gasteiger partial charge in [0.1, 0.15) is 0 Å². The fourth-order valence-electron chi connectivity index (χ4n) is 1.22. The molecule has 2 heterocycles. The number of aromatic amines is 1. The summed E-state index contributed by atoms with van der Waals surface area (Å²) < 4.78 is 2.08. The van der Waals surface area contributed by atoms with E-state index in [9.17, 15) is 9.59 Å². The second-order valence-electron chi connectivity index (χ2n) is 3.04. The summed E-state index contributed by atoms with van der Waals surface area (Å²) in [5.74, 6) is 0. The highest BCUT2D eigenvalue weighted by atomic mass is 79.9. The summed E-state index contributed by atoms with van der Waals surface area (Å²) in [5.41, 5.74) is -0.786. The molecule has 0 saturated heterocycles. The predicted octanol–water partition coefficient (Wildman–Crippen LogP) is 2.06. The monoisotopic (exact) mass is 320 g/mol. The Morgan fingerprint density at radius 3 is 2.81 bits per heavy atom. The van der Waals surface area contributed by atoms with Crippen LogP contribution in [0.1, 0.15) is 4.88 Å². The van der Waals surface area contributed by atoms with Crippen LogP contribution in [0.3, 0.4) is 0 Å². The molecule has 0 aliphatic rings. The minimum Gasteiger partial charge on any atom is -0.313 e. The van der Waals surface area contributed by atoms with Crippen molar-refractivity contribution in [1.29, 1.82) is 0 Å². The first-order valence-corrected chi connectivity index (χ1v) is 6.29. The Bertz CT molecular complexity index is 631. The summed E-state index contributed by atoms with van der Waals surface area (Å²) in [4.78, 5) is 26.5. The molecule has 0 aromatic carbocycles. The number of aromatic nitrogens is 2. The lowest BCUT2D eigenvalue weighted by Crippen LogP contribution is -2.35. The van der Waals surface area contributed by atoms with Crippen LogP contribution in [0.2, 0.25) is 4.34 Å². The number of thiophene rings is 1. The molecule has 2 aromatic rings. The number of hydrogen-bond donors (Lipinski definition) is 1. The van der Waals surface area contributed by atoms with Gasteiger partial charge in [0.25, 0.3) is 5.56 Å². The molecule has 2 aromatic heterocycles. The topological polar surface area (TPSA) is 54.9 Å². The molecule has 0 aliphatic heterocycles. The number of hydrogen-bond acceptors (Lipinski definition) is 3. The first-order chi connectivity index (χ1) is 7.58. The first-order valence-electron chi connectivity index (χ1n) is 4.30. The summed E-state index contributed by atoms with van der Waals surface area (Å²) >= 11 is 10.2. The average molecular weight is 322 g/mol. The van der Waals surface area contributed by atoms with Gasteiger partial charge in [-0.3, -0.25) is 9.36 Å². The van der Waals surface area contributed by atoms with E-state index < -0.39 is 5.69 Å². The van der Waals surface area contributed by atoms with E-state index in [-0.39, 0.29) is 12.1 Å². The molecule has 0 amide bonds. The van der Waals surface area contributed by atoms with Gasteiger partial charge in [0.2, 0.25) is 0 Å². The van der Waals surface area contributed by atoms with Crippen LogP contribution in [0.15, 0.2) is 32.4 Å². The maximum atomic E-state index is 11.7. The Balaban J connectivity index is 2.46. The molecule has 0 unspecified atom stereocenters. The van der Waals surface area contributed by atoms with E-state index in [1.807, 2.05) is 0 Å². The van der Waals surface area contributed by atoms with Gasteiger partial charge >= 0.3 is 5.69 Å². The fraction of sp³-hybridized carbons (Fsp3) is 0.111. The van der Waals surface area contributed by atoms with Gasteiger partial charge in [-0.1, -0.05) is 11.6 Å². The lowest BCUT2D eigenvalue weighted by molar-refractivity contribution is 0.701. The number of rotatable bonds is 2. The molecule has 1 N–H and O–H groups in total. The number of halogens is 2. The summed E-state index contributed by atoms with van der Waals surface area (Å²) in [5, 5.41) is 0. The van der Waals surface area contributed by atoms with E-state index in [2.05, 4.69) is 20.9 Å². The molecule has 84 valence electrons. The Hall–Kier alpha value is -0.850. The zero-order chi connectivity index (χ0) is 11.7. The molecular weight excluding hydrogens is 316 g/mol. The van der Waals surface area contributed by atoms with E-state index in [0.29, 0.717) is 8.81 Å². The van der Waals surface area contributed by atoms with E-state index in [0.717, 1.165) is 9.44 Å². The van der Waals surface area contributed by atoms with Crippen LogP contribution in [0.5, 0.6) is 0 Å². The van der Waals surface area contributed by atoms with Crippen molar-refractivity contribution in [2.45, 2.75) is 6.54 Å². The molecular formula is C9H6BrClN2O2S. The van der Waals surface area contributed by atoms with Crippen molar-refractivity contribution >= 4 is 38.9 Å². The molecule has 0 saturated carbocycles. The standard InChI is InChI=1S/C9H6BrClN2O2S/c10-6-3-12-9(15)13(8(6)14)4-5-1-2-7(11)16-5/h1-3H,4H2,(H,12,15). The molecule has 0 spiro atoms. The third kappa shape index (κ3) is 2.28. The lowest BCUT2D eigenvalue weighted by Gasteiger charge is -2.01. The van der Waals surface area contributed by atoms with Gasteiger partial charge < -0.3 is 4.98 Å². The van der Waals surface area contributed by atoms with Crippen LogP contribution in [0.25, 0.3) is 0 Å². The van der Waals surface area contributed by atoms with Gasteiger partial charge in [0.05, 0.1) is 15.4 Å². The van der Waals surface area contributed by atoms with Gasteiger partial charge in [0.15, 0.2) is 0 Å². The van der Waals surface area contributed by atoms with Crippen molar-refractivity contribution in [3.63, 3.8) is 0 Å². The van der Waals surface area contributed by atoms with Gasteiger partial charge in [-0.2, -0.15) is 0 Å². The van der Waals surface area contributed by atoms with Crippen molar-refractivity contribution < 1.29 is 0 Å². The molecule has 4 nitrogen and oxygen atoms in total. The lowest BCUT2D eigenvalue weighted by atomic mass is 10.4. The Morgan fingerprint density at radius 2 is 2.19 bits per heavy atom. The van der Waals surface area contributed by atoms with E-state index in [1.165, 1.54) is 17.5 Å². The number of H-pyrrole nitrogens is 1. The van der Waals surface area contributed by atoms with Crippen LogP contribution in [0, 0.1) is 0 Å². The molecule has 16 heavy (non-hydrogen) atoms. The average Bonchev–Trinajstić information content (AvgIpc) is 2.65. The molecule has 0 fully saturated rings. The fourth-order valence-corrected chi connectivity index (χ4v) is 2.63. The molecule has 0 bridgehead atoms. The highest BCUT2D eigenvalue weighted by molar-refractivity contribution is 9.10. The smallest absolute Gasteiger partial charge is 0.313 e. The number of nitrogens with zero attached hydrogens (tertiary/aromatic N) is 1. The third-order valence-corrected chi connectivity index (χ3v) is 3.74. The Kier molecular flexibility index (Phi) is 3.32. The third-order valence-electron chi connectivity index (χ3n) is 1.96. The van der Waals surface area contributed by atoms with Crippen molar-refractivity contribution in [3.05, 3.63) is 52.9 Å². The molecule has 0 aliphatic carbocycles. The van der Waals surface area contributed by atoms with Gasteiger partial charge in [0, 0.05) is 11.1 Å². The van der Waals surface area contributed by atoms with Gasteiger partial charge in [-0.05, 0) is 28.1 Å². The highest BCUT2D eigenvalue weighted by Gasteiger charge is 2.07. The maximum Gasteiger partial charge on any atom is 0.328 e. The zero-order valence-corrected chi connectivity index (χ0v) is 11.0. The van der Waals surface area contributed by atoms with E-state index in [4.69, 9.17) is 11.6 Å². The van der Waals surface area contributed by atoms with Crippen LogP contribution in [-0.2, 0) is 6.54 Å². The quantitative estimate of drug-likeness (QED) is 0.920. The second-order valence-corrected chi connectivity index (χ2v) is 5.69. The summed E-state index contributed by atoms with van der Waals surface area (Å²) in [6, 6.07) is 3.53. The molecule has 2 rings (SSSR count). The normalized spacial score (nSPS) is 10.6. The predicted molar refractivity (Wildman–Crippen MR) is 67.5 cm³/mol. The number of nitrogens with one attached hydrogen (secondary N) is 1. The molecule has 7 heteroatoms. The minimum atomic E-state index is -0.433. The van der Waals surface area contributed by atoms with Gasteiger partial charge in [-0.25, -0.2) is 4.79 Å². The van der Waals surface area contributed by atoms with Crippen molar-refractivity contribution in [1.82, 2.24) is 9.55 Å². The molecule has 0 radical (unpaired) electrons. The minimum absolute atomic E-state index is 0.227. The zero-order valence-electron chi connectivity index (χ0n) is 7.87. The van der Waals surface area contributed by atoms with E-state index in [1.54, 1.807) is 12.1 Å². The summed E-state index contributed by atoms with van der Waals surface area (Å²) in [6.45, 7) is 0.227. The van der Waals surface area contributed by atoms with Crippen LogP contribution < -0.4 is 11.2 Å². The summed E-state index contributed by atoms with van der Waals surface area (Å²) in [6.07, 6.45) is 1.34. The van der Waals surface area contributed by atoms with Crippen LogP contribution >= 0.6 is 38.9 Å². The first kappa shape index (κ1) is 11.6. The summed E-state index contributed by atoms with van der Waals surface area (Å²) in [7, 11) is 0. The van der Waals surface area contributed by atoms with Crippen molar-refractivity contribution in [2.24, 2.45) is 0 Å². The van der Waals surface area contributed by atoms with Crippen LogP contribution in [-0.4, -0.2) is 9.55 Å². The highest BCUT2D eigenvalue weighted by Crippen LogP contribution is 2.21. The SMILES string of the molecule is O=c1[nH]cc(Br)c(=O)n1Cc1ccc(Cl)s1.